The molecule has 8 nitrogen and oxygen atoms in total. The first kappa shape index (κ1) is 14.2. The molecule has 0 heterocycles. The number of aliphatic hydroxyl groups excluding tert-OH is 2. The van der Waals surface area contributed by atoms with E-state index in [0.717, 1.165) is 0 Å². The summed E-state index contributed by atoms with van der Waals surface area (Å²) in [7, 11) is -9.44. The van der Waals surface area contributed by atoms with Crippen molar-refractivity contribution in [2.45, 2.75) is 17.9 Å². The Bertz CT molecular complexity index is 265. The third-order valence-electron chi connectivity index (χ3n) is 1.56. The highest BCUT2D eigenvalue weighted by molar-refractivity contribution is 7.53. The SMILES string of the molecule is O=P(O)(O)C(O)CC(CO)P(=O)(O)O. The third kappa shape index (κ3) is 4.63. The second-order valence-corrected chi connectivity index (χ2v) is 6.41. The van der Waals surface area contributed by atoms with E-state index >= 15 is 0 Å². The molecule has 0 rings (SSSR count). The van der Waals surface area contributed by atoms with Gasteiger partial charge in [0.1, 0.15) is 0 Å². The van der Waals surface area contributed by atoms with E-state index in [1.54, 1.807) is 0 Å². The highest BCUT2D eigenvalue weighted by atomic mass is 31.2. The molecule has 0 aromatic heterocycles. The molecule has 0 aliphatic carbocycles. The molecule has 2 atom stereocenters. The van der Waals surface area contributed by atoms with Crippen LogP contribution in [0.3, 0.4) is 0 Å². The standard InChI is InChI=1S/C4H12O8P2/c5-2-3(13(7,8)9)1-4(6)14(10,11)12/h3-6H,1-2H2,(H2,7,8,9)(H2,10,11,12). The molecule has 0 aromatic carbocycles. The van der Waals surface area contributed by atoms with E-state index in [1.807, 2.05) is 0 Å². The minimum absolute atomic E-state index is 0.856. The molecule has 0 saturated carbocycles. The first-order chi connectivity index (χ1) is 6.09. The Kier molecular flexibility index (Phi) is 4.90. The van der Waals surface area contributed by atoms with Crippen molar-refractivity contribution in [3.8, 4) is 0 Å². The molecule has 10 heteroatoms. The van der Waals surface area contributed by atoms with Crippen molar-refractivity contribution in [1.82, 2.24) is 0 Å². The van der Waals surface area contributed by atoms with Gasteiger partial charge in [0.15, 0.2) is 5.85 Å². The van der Waals surface area contributed by atoms with E-state index in [0.29, 0.717) is 0 Å². The van der Waals surface area contributed by atoms with E-state index in [1.165, 1.54) is 0 Å². The van der Waals surface area contributed by atoms with E-state index < -0.39 is 39.7 Å². The lowest BCUT2D eigenvalue weighted by Gasteiger charge is -2.19. The van der Waals surface area contributed by atoms with E-state index in [-0.39, 0.29) is 0 Å². The Balaban J connectivity index is 4.50. The topological polar surface area (TPSA) is 156 Å². The summed E-state index contributed by atoms with van der Waals surface area (Å²) in [6.07, 6.45) is -0.856. The number of hydrogen-bond acceptors (Lipinski definition) is 4. The van der Waals surface area contributed by atoms with Gasteiger partial charge in [-0.05, 0) is 0 Å². The van der Waals surface area contributed by atoms with Crippen molar-refractivity contribution in [2.24, 2.45) is 0 Å². The van der Waals surface area contributed by atoms with Crippen LogP contribution in [0, 0.1) is 0 Å². The van der Waals surface area contributed by atoms with Crippen molar-refractivity contribution >= 4 is 15.2 Å². The van der Waals surface area contributed by atoms with Gasteiger partial charge < -0.3 is 29.8 Å². The average molecular weight is 250 g/mol. The minimum Gasteiger partial charge on any atom is -0.395 e. The molecule has 0 amide bonds. The lowest BCUT2D eigenvalue weighted by molar-refractivity contribution is 0.172. The van der Waals surface area contributed by atoms with Gasteiger partial charge in [-0.3, -0.25) is 9.13 Å². The van der Waals surface area contributed by atoms with E-state index in [9.17, 15) is 9.13 Å². The summed E-state index contributed by atoms with van der Waals surface area (Å²) in [4.78, 5) is 34.0. The van der Waals surface area contributed by atoms with Crippen LogP contribution in [0.15, 0.2) is 0 Å². The zero-order chi connectivity index (χ0) is 11.6. The summed E-state index contributed by atoms with van der Waals surface area (Å²) in [6, 6.07) is 0. The molecular formula is C4H12O8P2. The molecule has 0 fully saturated rings. The Labute approximate surface area is 79.5 Å². The smallest absolute Gasteiger partial charge is 0.353 e. The van der Waals surface area contributed by atoms with Crippen molar-refractivity contribution in [3.05, 3.63) is 0 Å². The lowest BCUT2D eigenvalue weighted by Crippen LogP contribution is -2.21. The molecule has 0 radical (unpaired) electrons. The fourth-order valence-corrected chi connectivity index (χ4v) is 2.08. The van der Waals surface area contributed by atoms with Crippen molar-refractivity contribution in [2.75, 3.05) is 6.61 Å². The van der Waals surface area contributed by atoms with Crippen molar-refractivity contribution < 1.29 is 38.9 Å². The van der Waals surface area contributed by atoms with Gasteiger partial charge in [-0.2, -0.15) is 0 Å². The molecule has 14 heavy (non-hydrogen) atoms. The van der Waals surface area contributed by atoms with Gasteiger partial charge in [0, 0.05) is 6.42 Å². The Hall–Kier alpha value is 0.220. The zero-order valence-electron chi connectivity index (χ0n) is 6.96. The molecule has 0 aliphatic heterocycles. The van der Waals surface area contributed by atoms with Gasteiger partial charge in [0.25, 0.3) is 0 Å². The second kappa shape index (κ2) is 4.83. The highest BCUT2D eigenvalue weighted by Crippen LogP contribution is 2.48. The normalized spacial score (nSPS) is 17.9. The molecule has 86 valence electrons. The van der Waals surface area contributed by atoms with Gasteiger partial charge in [0.05, 0.1) is 12.3 Å². The van der Waals surface area contributed by atoms with Crippen LogP contribution < -0.4 is 0 Å². The van der Waals surface area contributed by atoms with Crippen LogP contribution >= 0.6 is 15.2 Å². The summed E-state index contributed by atoms with van der Waals surface area (Å²) in [5.74, 6) is -2.17. The van der Waals surface area contributed by atoms with Crippen molar-refractivity contribution in [3.63, 3.8) is 0 Å². The first-order valence-electron chi connectivity index (χ1n) is 3.48. The van der Waals surface area contributed by atoms with Crippen LogP contribution in [0.5, 0.6) is 0 Å². The maximum atomic E-state index is 10.6. The molecule has 0 bridgehead atoms. The number of rotatable bonds is 5. The summed E-state index contributed by atoms with van der Waals surface area (Å²) < 4.78 is 21.0. The average Bonchev–Trinajstić information content (AvgIpc) is 1.95. The van der Waals surface area contributed by atoms with Crippen LogP contribution in [0.1, 0.15) is 6.42 Å². The predicted octanol–water partition coefficient (Wildman–Crippen LogP) is -1.59. The maximum Gasteiger partial charge on any atom is 0.353 e. The molecule has 0 aliphatic rings. The molecule has 0 saturated heterocycles. The van der Waals surface area contributed by atoms with Crippen LogP contribution in [-0.4, -0.2) is 47.9 Å². The van der Waals surface area contributed by atoms with Gasteiger partial charge in [-0.25, -0.2) is 0 Å². The van der Waals surface area contributed by atoms with Crippen LogP contribution in [0.2, 0.25) is 0 Å². The van der Waals surface area contributed by atoms with Gasteiger partial charge in [-0.1, -0.05) is 0 Å². The monoisotopic (exact) mass is 250 g/mol. The van der Waals surface area contributed by atoms with Gasteiger partial charge in [-0.15, -0.1) is 0 Å². The second-order valence-electron chi connectivity index (χ2n) is 2.73. The largest absolute Gasteiger partial charge is 0.395 e. The van der Waals surface area contributed by atoms with Crippen LogP contribution in [0.4, 0.5) is 0 Å². The summed E-state index contributed by atoms with van der Waals surface area (Å²) in [5.41, 5.74) is -1.66. The zero-order valence-corrected chi connectivity index (χ0v) is 8.75. The van der Waals surface area contributed by atoms with Crippen LogP contribution in [-0.2, 0) is 9.13 Å². The number of aliphatic hydroxyl groups is 2. The molecule has 0 aromatic rings. The van der Waals surface area contributed by atoms with Crippen LogP contribution in [0.25, 0.3) is 0 Å². The van der Waals surface area contributed by atoms with E-state index in [4.69, 9.17) is 29.8 Å². The predicted molar refractivity (Wildman–Crippen MR) is 45.6 cm³/mol. The molecule has 6 N–H and O–H groups in total. The quantitative estimate of drug-likeness (QED) is 0.319. The minimum atomic E-state index is -4.79. The molecule has 0 spiro atoms. The Morgan fingerprint density at radius 2 is 1.43 bits per heavy atom. The highest BCUT2D eigenvalue weighted by Gasteiger charge is 2.36. The third-order valence-corrected chi connectivity index (χ3v) is 3.87. The van der Waals surface area contributed by atoms with E-state index in [2.05, 4.69) is 0 Å². The summed E-state index contributed by atoms with van der Waals surface area (Å²) in [6.45, 7) is -0.957. The fourth-order valence-electron chi connectivity index (χ4n) is 0.699. The molecule has 2 unspecified atom stereocenters. The maximum absolute atomic E-state index is 10.6. The number of hydrogen-bond donors (Lipinski definition) is 6. The van der Waals surface area contributed by atoms with Gasteiger partial charge in [0.2, 0.25) is 0 Å². The Morgan fingerprint density at radius 3 is 1.64 bits per heavy atom. The fraction of sp³-hybridized carbons (Fsp3) is 1.00. The summed E-state index contributed by atoms with van der Waals surface area (Å²) >= 11 is 0. The van der Waals surface area contributed by atoms with Gasteiger partial charge >= 0.3 is 15.2 Å². The molecular weight excluding hydrogens is 238 g/mol. The van der Waals surface area contributed by atoms with Crippen molar-refractivity contribution in [1.29, 1.82) is 0 Å². The lowest BCUT2D eigenvalue weighted by atomic mass is 10.3. The Morgan fingerprint density at radius 1 is 1.00 bits per heavy atom. The first-order valence-corrected chi connectivity index (χ1v) is 6.84. The summed E-state index contributed by atoms with van der Waals surface area (Å²) in [5, 5.41) is 17.4.